The molecule has 1 saturated heterocycles. The van der Waals surface area contributed by atoms with Crippen LogP contribution >= 0.6 is 11.8 Å². The molecule has 1 fully saturated rings. The smallest absolute Gasteiger partial charge is 0.324 e. The predicted molar refractivity (Wildman–Crippen MR) is 83.2 cm³/mol. The van der Waals surface area contributed by atoms with E-state index in [0.29, 0.717) is 11.4 Å². The summed E-state index contributed by atoms with van der Waals surface area (Å²) >= 11 is 1.27. The van der Waals surface area contributed by atoms with Crippen molar-refractivity contribution in [3.05, 3.63) is 29.3 Å². The number of carbonyl (C=O) groups excluding carboxylic acids is 2. The Kier molecular flexibility index (Phi) is 5.23. The second-order valence-corrected chi connectivity index (χ2v) is 6.48. The Morgan fingerprint density at radius 2 is 2.04 bits per heavy atom. The first-order valence-corrected chi connectivity index (χ1v) is 8.15. The average molecular weight is 346 g/mol. The molecule has 0 radical (unpaired) electrons. The molecule has 1 heterocycles. The Morgan fingerprint density at radius 3 is 2.65 bits per heavy atom. The van der Waals surface area contributed by atoms with Gasteiger partial charge >= 0.3 is 6.18 Å². The minimum absolute atomic E-state index is 0.0971. The van der Waals surface area contributed by atoms with Crippen LogP contribution in [0.15, 0.2) is 18.2 Å². The monoisotopic (exact) mass is 346 g/mol. The number of hydrogen-bond donors (Lipinski definition) is 1. The predicted octanol–water partition coefficient (Wildman–Crippen LogP) is 3.10. The van der Waals surface area contributed by atoms with E-state index in [0.717, 1.165) is 16.0 Å². The maximum Gasteiger partial charge on any atom is 0.397 e. The van der Waals surface area contributed by atoms with Crippen molar-refractivity contribution in [2.24, 2.45) is 0 Å². The molecule has 1 aromatic carbocycles. The number of anilines is 1. The topological polar surface area (TPSA) is 49.4 Å². The van der Waals surface area contributed by atoms with Crippen molar-refractivity contribution in [1.82, 2.24) is 4.90 Å². The van der Waals surface area contributed by atoms with Gasteiger partial charge in [-0.05, 0) is 25.5 Å². The number of thioether (sulfide) groups is 1. The number of nitrogens with one attached hydrogen (secondary N) is 1. The quantitative estimate of drug-likeness (QED) is 0.915. The second-order valence-electron chi connectivity index (χ2n) is 5.48. The van der Waals surface area contributed by atoms with E-state index < -0.39 is 30.5 Å². The lowest BCUT2D eigenvalue weighted by Crippen LogP contribution is -2.45. The Morgan fingerprint density at radius 1 is 1.35 bits per heavy atom. The molecule has 1 atom stereocenters. The fourth-order valence-electron chi connectivity index (χ4n) is 2.35. The van der Waals surface area contributed by atoms with Gasteiger partial charge in [-0.1, -0.05) is 17.7 Å². The van der Waals surface area contributed by atoms with Crippen LogP contribution in [0.4, 0.5) is 18.9 Å². The molecule has 126 valence electrons. The van der Waals surface area contributed by atoms with Gasteiger partial charge in [-0.2, -0.15) is 13.2 Å². The molecule has 1 aliphatic heterocycles. The standard InChI is InChI=1S/C15H17F3N2O2S/c1-9-3-4-11(10(2)5-9)19-14(22)12-7-23-8-20(12)13(21)6-15(16,17)18/h3-5,12H,6-8H2,1-2H3,(H,19,22)/t12-/m1/s1. The minimum atomic E-state index is -4.57. The summed E-state index contributed by atoms with van der Waals surface area (Å²) in [6.45, 7) is 3.75. The summed E-state index contributed by atoms with van der Waals surface area (Å²) in [5.74, 6) is -1.14. The van der Waals surface area contributed by atoms with E-state index in [1.807, 2.05) is 26.0 Å². The first kappa shape index (κ1) is 17.7. The maximum absolute atomic E-state index is 12.4. The lowest BCUT2D eigenvalue weighted by Gasteiger charge is -2.24. The zero-order chi connectivity index (χ0) is 17.2. The zero-order valence-electron chi connectivity index (χ0n) is 12.7. The first-order chi connectivity index (χ1) is 10.7. The van der Waals surface area contributed by atoms with Crippen LogP contribution in [0.1, 0.15) is 17.5 Å². The molecular formula is C15H17F3N2O2S. The number of rotatable bonds is 3. The molecule has 0 aromatic heterocycles. The third-order valence-electron chi connectivity index (χ3n) is 3.50. The summed E-state index contributed by atoms with van der Waals surface area (Å²) in [7, 11) is 0. The van der Waals surface area contributed by atoms with Crippen molar-refractivity contribution in [2.75, 3.05) is 16.9 Å². The van der Waals surface area contributed by atoms with Gasteiger partial charge < -0.3 is 10.2 Å². The Hall–Kier alpha value is -1.70. The molecule has 23 heavy (non-hydrogen) atoms. The Balaban J connectivity index is 2.07. The SMILES string of the molecule is Cc1ccc(NC(=O)[C@H]2CSCN2C(=O)CC(F)(F)F)c(C)c1. The number of nitrogens with zero attached hydrogens (tertiary/aromatic N) is 1. The van der Waals surface area contributed by atoms with E-state index in [1.165, 1.54) is 11.8 Å². The summed E-state index contributed by atoms with van der Waals surface area (Å²) < 4.78 is 37.1. The number of hydrogen-bond acceptors (Lipinski definition) is 3. The highest BCUT2D eigenvalue weighted by atomic mass is 32.2. The first-order valence-electron chi connectivity index (χ1n) is 6.99. The summed E-state index contributed by atoms with van der Waals surface area (Å²) in [5, 5.41) is 2.70. The van der Waals surface area contributed by atoms with Crippen LogP contribution in [0, 0.1) is 13.8 Å². The van der Waals surface area contributed by atoms with E-state index in [9.17, 15) is 22.8 Å². The van der Waals surface area contributed by atoms with Crippen LogP contribution in [0.3, 0.4) is 0 Å². The average Bonchev–Trinajstić information content (AvgIpc) is 2.89. The van der Waals surface area contributed by atoms with Gasteiger partial charge in [-0.15, -0.1) is 11.8 Å². The molecule has 0 bridgehead atoms. The Labute approximate surface area is 136 Å². The van der Waals surface area contributed by atoms with E-state index in [4.69, 9.17) is 0 Å². The Bertz CT molecular complexity index is 619. The fraction of sp³-hybridized carbons (Fsp3) is 0.467. The van der Waals surface area contributed by atoms with Gasteiger partial charge in [0.2, 0.25) is 11.8 Å². The van der Waals surface area contributed by atoms with E-state index in [-0.39, 0.29) is 5.88 Å². The van der Waals surface area contributed by atoms with Crippen LogP contribution in [0.25, 0.3) is 0 Å². The number of alkyl halides is 3. The third kappa shape index (κ3) is 4.63. The van der Waals surface area contributed by atoms with E-state index in [2.05, 4.69) is 5.32 Å². The highest BCUT2D eigenvalue weighted by molar-refractivity contribution is 7.99. The molecule has 0 unspecified atom stereocenters. The van der Waals surface area contributed by atoms with Crippen molar-refractivity contribution in [1.29, 1.82) is 0 Å². The fourth-order valence-corrected chi connectivity index (χ4v) is 3.53. The maximum atomic E-state index is 12.4. The minimum Gasteiger partial charge on any atom is -0.324 e. The largest absolute Gasteiger partial charge is 0.397 e. The summed E-state index contributed by atoms with van der Waals surface area (Å²) in [6.07, 6.45) is -6.11. The molecule has 1 N–H and O–H groups in total. The second kappa shape index (κ2) is 6.82. The summed E-state index contributed by atoms with van der Waals surface area (Å²) in [6, 6.07) is 4.59. The van der Waals surface area contributed by atoms with E-state index in [1.54, 1.807) is 6.07 Å². The highest BCUT2D eigenvalue weighted by Gasteiger charge is 2.40. The summed E-state index contributed by atoms with van der Waals surface area (Å²) in [4.78, 5) is 25.1. The number of aryl methyl sites for hydroxylation is 2. The van der Waals surface area contributed by atoms with Gasteiger partial charge in [-0.3, -0.25) is 9.59 Å². The van der Waals surface area contributed by atoms with Crippen LogP contribution in [0.2, 0.25) is 0 Å². The van der Waals surface area contributed by atoms with Gasteiger partial charge in [-0.25, -0.2) is 0 Å². The van der Waals surface area contributed by atoms with Crippen molar-refractivity contribution in [2.45, 2.75) is 32.5 Å². The van der Waals surface area contributed by atoms with Crippen LogP contribution in [-0.2, 0) is 9.59 Å². The zero-order valence-corrected chi connectivity index (χ0v) is 13.6. The molecule has 0 saturated carbocycles. The van der Waals surface area contributed by atoms with Gasteiger partial charge in [0.25, 0.3) is 0 Å². The van der Waals surface area contributed by atoms with Crippen molar-refractivity contribution >= 4 is 29.3 Å². The van der Waals surface area contributed by atoms with Crippen molar-refractivity contribution in [3.63, 3.8) is 0 Å². The summed E-state index contributed by atoms with van der Waals surface area (Å²) in [5.41, 5.74) is 2.50. The normalized spacial score (nSPS) is 18.1. The van der Waals surface area contributed by atoms with Crippen LogP contribution in [-0.4, -0.2) is 40.6 Å². The van der Waals surface area contributed by atoms with Crippen LogP contribution in [0.5, 0.6) is 0 Å². The number of halogens is 3. The molecule has 1 aliphatic rings. The van der Waals surface area contributed by atoms with Gasteiger partial charge in [0, 0.05) is 11.4 Å². The molecule has 8 heteroatoms. The van der Waals surface area contributed by atoms with E-state index >= 15 is 0 Å². The highest BCUT2D eigenvalue weighted by Crippen LogP contribution is 2.27. The lowest BCUT2D eigenvalue weighted by atomic mass is 10.1. The molecule has 0 spiro atoms. The lowest BCUT2D eigenvalue weighted by molar-refractivity contribution is -0.162. The van der Waals surface area contributed by atoms with Crippen LogP contribution < -0.4 is 5.32 Å². The molecule has 2 amide bonds. The molecule has 4 nitrogen and oxygen atoms in total. The molecular weight excluding hydrogens is 329 g/mol. The van der Waals surface area contributed by atoms with Crippen molar-refractivity contribution < 1.29 is 22.8 Å². The molecule has 0 aliphatic carbocycles. The van der Waals surface area contributed by atoms with Gasteiger partial charge in [0.05, 0.1) is 5.88 Å². The van der Waals surface area contributed by atoms with Crippen molar-refractivity contribution in [3.8, 4) is 0 Å². The van der Waals surface area contributed by atoms with Gasteiger partial charge in [0.15, 0.2) is 0 Å². The molecule has 2 rings (SSSR count). The number of amides is 2. The molecule has 1 aromatic rings. The number of benzene rings is 1. The van der Waals surface area contributed by atoms with Gasteiger partial charge in [0.1, 0.15) is 12.5 Å². The third-order valence-corrected chi connectivity index (χ3v) is 4.51. The number of carbonyl (C=O) groups is 2.